The molecule has 0 bridgehead atoms. The van der Waals surface area contributed by atoms with E-state index in [1.54, 1.807) is 24.3 Å². The number of rotatable bonds is 7. The predicted molar refractivity (Wildman–Crippen MR) is 93.8 cm³/mol. The highest BCUT2D eigenvalue weighted by Crippen LogP contribution is 2.48. The van der Waals surface area contributed by atoms with Gasteiger partial charge in [-0.1, -0.05) is 18.0 Å². The second kappa shape index (κ2) is 7.62. The van der Waals surface area contributed by atoms with Crippen LogP contribution in [0.5, 0.6) is 5.75 Å². The monoisotopic (exact) mass is 366 g/mol. The number of fused-ring (bicyclic) bond motifs is 1. The van der Waals surface area contributed by atoms with Crippen molar-refractivity contribution in [2.45, 2.75) is 19.3 Å². The van der Waals surface area contributed by atoms with Gasteiger partial charge in [-0.15, -0.1) is 0 Å². The number of nitrogens with one attached hydrogen (secondary N) is 1. The average molecular weight is 367 g/mol. The first-order valence-electron chi connectivity index (χ1n) is 8.60. The molecule has 0 spiro atoms. The van der Waals surface area contributed by atoms with Crippen molar-refractivity contribution in [2.75, 3.05) is 32.8 Å². The standard InChI is InChI=1S/C18H23ClN2O4/c19-14-3-5-15(6-4-14)25-9-8-20-16(22)11-21-10-13-2-1-7-18(13,12-21)17(23)24/h3-6,13H,1-2,7-12H2,(H,20,22)(H,23,24)/t13-,18+/m0/s1. The van der Waals surface area contributed by atoms with E-state index in [-0.39, 0.29) is 18.4 Å². The second-order valence-electron chi connectivity index (χ2n) is 6.87. The molecule has 3 rings (SSSR count). The molecule has 25 heavy (non-hydrogen) atoms. The molecule has 2 N–H and O–H groups in total. The molecule has 0 aromatic heterocycles. The van der Waals surface area contributed by atoms with Crippen molar-refractivity contribution in [1.29, 1.82) is 0 Å². The fraction of sp³-hybridized carbons (Fsp3) is 0.556. The van der Waals surface area contributed by atoms with Crippen LogP contribution in [0.1, 0.15) is 19.3 Å². The minimum Gasteiger partial charge on any atom is -0.492 e. The first-order valence-corrected chi connectivity index (χ1v) is 8.98. The molecule has 1 aromatic rings. The van der Waals surface area contributed by atoms with Gasteiger partial charge in [-0.05, 0) is 43.0 Å². The summed E-state index contributed by atoms with van der Waals surface area (Å²) in [4.78, 5) is 25.7. The highest BCUT2D eigenvalue weighted by molar-refractivity contribution is 6.30. The van der Waals surface area contributed by atoms with Crippen LogP contribution in [-0.4, -0.2) is 54.7 Å². The zero-order valence-corrected chi connectivity index (χ0v) is 14.8. The predicted octanol–water partition coefficient (Wildman–Crippen LogP) is 2.02. The molecule has 2 aliphatic rings. The number of carbonyl (C=O) groups excluding carboxylic acids is 1. The van der Waals surface area contributed by atoms with Crippen LogP contribution in [0.25, 0.3) is 0 Å². The quantitative estimate of drug-likeness (QED) is 0.722. The van der Waals surface area contributed by atoms with E-state index < -0.39 is 11.4 Å². The number of benzene rings is 1. The normalized spacial score (nSPS) is 25.6. The molecule has 1 saturated carbocycles. The van der Waals surface area contributed by atoms with Crippen LogP contribution in [0, 0.1) is 11.3 Å². The minimum absolute atomic E-state index is 0.0970. The lowest BCUT2D eigenvalue weighted by Crippen LogP contribution is -2.40. The van der Waals surface area contributed by atoms with Crippen molar-refractivity contribution in [2.24, 2.45) is 11.3 Å². The van der Waals surface area contributed by atoms with Gasteiger partial charge in [-0.25, -0.2) is 0 Å². The van der Waals surface area contributed by atoms with E-state index >= 15 is 0 Å². The molecule has 1 heterocycles. The third-order valence-corrected chi connectivity index (χ3v) is 5.49. The van der Waals surface area contributed by atoms with E-state index in [1.807, 2.05) is 4.90 Å². The Bertz CT molecular complexity index is 636. The molecule has 2 fully saturated rings. The van der Waals surface area contributed by atoms with Crippen LogP contribution < -0.4 is 10.1 Å². The Labute approximate surface area is 152 Å². The van der Waals surface area contributed by atoms with Crippen LogP contribution in [0.3, 0.4) is 0 Å². The van der Waals surface area contributed by atoms with Crippen LogP contribution in [0.4, 0.5) is 0 Å². The summed E-state index contributed by atoms with van der Waals surface area (Å²) in [5.74, 6) is 0.0648. The molecule has 7 heteroatoms. The Hall–Kier alpha value is -1.79. The van der Waals surface area contributed by atoms with Crippen molar-refractivity contribution in [3.05, 3.63) is 29.3 Å². The lowest BCUT2D eigenvalue weighted by Gasteiger charge is -2.23. The van der Waals surface area contributed by atoms with E-state index in [9.17, 15) is 14.7 Å². The first-order chi connectivity index (χ1) is 12.0. The van der Waals surface area contributed by atoms with E-state index in [0.29, 0.717) is 37.0 Å². The number of carbonyl (C=O) groups is 2. The summed E-state index contributed by atoms with van der Waals surface area (Å²) < 4.78 is 5.52. The van der Waals surface area contributed by atoms with E-state index in [2.05, 4.69) is 5.32 Å². The highest BCUT2D eigenvalue weighted by atomic mass is 35.5. The number of carboxylic acids is 1. The lowest BCUT2D eigenvalue weighted by molar-refractivity contribution is -0.149. The van der Waals surface area contributed by atoms with Crippen LogP contribution in [0.2, 0.25) is 5.02 Å². The number of carboxylic acid groups (broad SMARTS) is 1. The molecule has 6 nitrogen and oxygen atoms in total. The smallest absolute Gasteiger partial charge is 0.311 e. The van der Waals surface area contributed by atoms with Gasteiger partial charge in [-0.3, -0.25) is 14.5 Å². The zero-order chi connectivity index (χ0) is 17.9. The summed E-state index contributed by atoms with van der Waals surface area (Å²) in [5, 5.41) is 13.0. The molecule has 1 aliphatic carbocycles. The number of hydrogen-bond donors (Lipinski definition) is 2. The molecule has 136 valence electrons. The van der Waals surface area contributed by atoms with Crippen molar-refractivity contribution in [3.63, 3.8) is 0 Å². The number of halogens is 1. The SMILES string of the molecule is O=C(CN1C[C@@H]2CCC[C@@]2(C(=O)O)C1)NCCOc1ccc(Cl)cc1. The van der Waals surface area contributed by atoms with Crippen molar-refractivity contribution in [3.8, 4) is 5.75 Å². The molecule has 0 unspecified atom stereocenters. The fourth-order valence-corrected chi connectivity index (χ4v) is 4.14. The molecule has 2 atom stereocenters. The van der Waals surface area contributed by atoms with Gasteiger partial charge in [0, 0.05) is 18.1 Å². The summed E-state index contributed by atoms with van der Waals surface area (Å²) in [7, 11) is 0. The minimum atomic E-state index is -0.714. The lowest BCUT2D eigenvalue weighted by atomic mass is 9.81. The number of hydrogen-bond acceptors (Lipinski definition) is 4. The molecular weight excluding hydrogens is 344 g/mol. The van der Waals surface area contributed by atoms with Crippen LogP contribution in [-0.2, 0) is 9.59 Å². The van der Waals surface area contributed by atoms with Crippen LogP contribution >= 0.6 is 11.6 Å². The first kappa shape index (κ1) is 18.0. The molecule has 1 saturated heterocycles. The summed E-state index contributed by atoms with van der Waals surface area (Å²) >= 11 is 5.81. The fourth-order valence-electron chi connectivity index (χ4n) is 4.01. The zero-order valence-electron chi connectivity index (χ0n) is 14.0. The Kier molecular flexibility index (Phi) is 5.49. The number of amides is 1. The highest BCUT2D eigenvalue weighted by Gasteiger charge is 2.54. The third kappa shape index (κ3) is 4.07. The number of ether oxygens (including phenoxy) is 1. The maximum Gasteiger partial charge on any atom is 0.311 e. The number of nitrogens with zero attached hydrogens (tertiary/aromatic N) is 1. The summed E-state index contributed by atoms with van der Waals surface area (Å²) in [5.41, 5.74) is -0.641. The van der Waals surface area contributed by atoms with Gasteiger partial charge in [0.15, 0.2) is 0 Å². The van der Waals surface area contributed by atoms with Gasteiger partial charge >= 0.3 is 5.97 Å². The topological polar surface area (TPSA) is 78.9 Å². The van der Waals surface area contributed by atoms with E-state index in [4.69, 9.17) is 16.3 Å². The summed E-state index contributed by atoms with van der Waals surface area (Å²) in [6, 6.07) is 7.05. The summed E-state index contributed by atoms with van der Waals surface area (Å²) in [6.07, 6.45) is 2.64. The van der Waals surface area contributed by atoms with Gasteiger partial charge in [0.1, 0.15) is 12.4 Å². The summed E-state index contributed by atoms with van der Waals surface area (Å²) in [6.45, 7) is 2.19. The Morgan fingerprint density at radius 1 is 1.36 bits per heavy atom. The van der Waals surface area contributed by atoms with Crippen molar-refractivity contribution < 1.29 is 19.4 Å². The van der Waals surface area contributed by atoms with E-state index in [1.165, 1.54) is 0 Å². The molecule has 1 aliphatic heterocycles. The van der Waals surface area contributed by atoms with E-state index in [0.717, 1.165) is 19.3 Å². The molecule has 0 radical (unpaired) electrons. The third-order valence-electron chi connectivity index (χ3n) is 5.24. The molecule has 1 amide bonds. The molecular formula is C18H23ClN2O4. The Morgan fingerprint density at radius 2 is 2.12 bits per heavy atom. The van der Waals surface area contributed by atoms with Gasteiger partial charge in [0.05, 0.1) is 18.5 Å². The Morgan fingerprint density at radius 3 is 2.80 bits per heavy atom. The second-order valence-corrected chi connectivity index (χ2v) is 7.31. The van der Waals surface area contributed by atoms with Gasteiger partial charge in [0.25, 0.3) is 0 Å². The van der Waals surface area contributed by atoms with Gasteiger partial charge in [0.2, 0.25) is 5.91 Å². The largest absolute Gasteiger partial charge is 0.492 e. The molecule has 1 aromatic carbocycles. The maximum atomic E-state index is 12.1. The van der Waals surface area contributed by atoms with Gasteiger partial charge in [-0.2, -0.15) is 0 Å². The van der Waals surface area contributed by atoms with Crippen molar-refractivity contribution in [1.82, 2.24) is 10.2 Å². The van der Waals surface area contributed by atoms with Crippen molar-refractivity contribution >= 4 is 23.5 Å². The number of likely N-dealkylation sites (tertiary alicyclic amines) is 1. The maximum absolute atomic E-state index is 12.1. The average Bonchev–Trinajstić information content (AvgIpc) is 3.11. The van der Waals surface area contributed by atoms with Gasteiger partial charge < -0.3 is 15.2 Å². The van der Waals surface area contributed by atoms with Crippen LogP contribution in [0.15, 0.2) is 24.3 Å². The number of aliphatic carboxylic acids is 1. The Balaban J connectivity index is 1.38.